The molecule has 4 N–H and O–H groups in total. The first kappa shape index (κ1) is 21.0. The summed E-state index contributed by atoms with van der Waals surface area (Å²) in [6, 6.07) is 16.7. The third-order valence-electron chi connectivity index (χ3n) is 5.63. The molecule has 10 heteroatoms. The second-order valence-corrected chi connectivity index (χ2v) is 7.76. The zero-order valence-corrected chi connectivity index (χ0v) is 17.7. The van der Waals surface area contributed by atoms with Crippen LogP contribution in [0.5, 0.6) is 0 Å². The van der Waals surface area contributed by atoms with Gasteiger partial charge in [-0.25, -0.2) is 14.6 Å². The predicted octanol–water partition coefficient (Wildman–Crippen LogP) is 2.44. The van der Waals surface area contributed by atoms with Crippen molar-refractivity contribution in [1.82, 2.24) is 19.7 Å². The van der Waals surface area contributed by atoms with Gasteiger partial charge >= 0.3 is 0 Å². The minimum absolute atomic E-state index is 0.455. The molecule has 4 aromatic rings. The fourth-order valence-electron chi connectivity index (χ4n) is 3.93. The number of hydrogen-bond acceptors (Lipinski definition) is 8. The SMILES string of the molecule is C[C@H]1O[C@@H](n2nc(-c3ccccc3)c3c(Nc4ccc(NC=O)cc4)ncnc32)[C@@H](O)[C@H]1O. The van der Waals surface area contributed by atoms with E-state index < -0.39 is 24.5 Å². The third kappa shape index (κ3) is 3.80. The minimum Gasteiger partial charge on any atom is -0.388 e. The summed E-state index contributed by atoms with van der Waals surface area (Å²) >= 11 is 0. The summed E-state index contributed by atoms with van der Waals surface area (Å²) in [6.45, 7) is 1.70. The summed E-state index contributed by atoms with van der Waals surface area (Å²) in [5.74, 6) is 0.516. The number of fused-ring (bicyclic) bond motifs is 1. The second kappa shape index (κ2) is 8.58. The molecule has 10 nitrogen and oxygen atoms in total. The van der Waals surface area contributed by atoms with Crippen LogP contribution >= 0.6 is 0 Å². The van der Waals surface area contributed by atoms with Crippen molar-refractivity contribution in [2.75, 3.05) is 10.6 Å². The highest BCUT2D eigenvalue weighted by Gasteiger charge is 2.43. The number of ether oxygens (including phenoxy) is 1. The van der Waals surface area contributed by atoms with E-state index in [1.54, 1.807) is 19.1 Å². The predicted molar refractivity (Wildman–Crippen MR) is 122 cm³/mol. The van der Waals surface area contributed by atoms with Gasteiger partial charge in [0.2, 0.25) is 6.41 Å². The van der Waals surface area contributed by atoms with E-state index in [4.69, 9.17) is 9.84 Å². The summed E-state index contributed by atoms with van der Waals surface area (Å²) in [4.78, 5) is 19.5. The quantitative estimate of drug-likeness (QED) is 0.332. The molecule has 1 amide bonds. The van der Waals surface area contributed by atoms with Crippen LogP contribution in [0.2, 0.25) is 0 Å². The average molecular weight is 446 g/mol. The van der Waals surface area contributed by atoms with Gasteiger partial charge in [-0.1, -0.05) is 30.3 Å². The van der Waals surface area contributed by atoms with Crippen molar-refractivity contribution in [2.45, 2.75) is 31.5 Å². The molecule has 0 bridgehead atoms. The van der Waals surface area contributed by atoms with Gasteiger partial charge in [-0.3, -0.25) is 4.79 Å². The Morgan fingerprint density at radius 1 is 1.00 bits per heavy atom. The number of aliphatic hydroxyl groups excluding tert-OH is 2. The molecule has 2 aromatic heterocycles. The maximum absolute atomic E-state index is 10.6. The molecule has 0 radical (unpaired) electrons. The molecule has 1 fully saturated rings. The fourth-order valence-corrected chi connectivity index (χ4v) is 3.93. The van der Waals surface area contributed by atoms with Crippen LogP contribution in [-0.4, -0.2) is 54.7 Å². The van der Waals surface area contributed by atoms with Crippen molar-refractivity contribution in [3.05, 3.63) is 60.9 Å². The molecule has 1 saturated heterocycles. The molecule has 33 heavy (non-hydrogen) atoms. The molecule has 0 saturated carbocycles. The van der Waals surface area contributed by atoms with Crippen molar-refractivity contribution < 1.29 is 19.7 Å². The van der Waals surface area contributed by atoms with Crippen molar-refractivity contribution in [2.24, 2.45) is 0 Å². The van der Waals surface area contributed by atoms with E-state index in [-0.39, 0.29) is 0 Å². The van der Waals surface area contributed by atoms with Gasteiger partial charge in [0, 0.05) is 16.9 Å². The Morgan fingerprint density at radius 3 is 2.39 bits per heavy atom. The molecule has 4 atom stereocenters. The van der Waals surface area contributed by atoms with E-state index >= 15 is 0 Å². The molecule has 168 valence electrons. The third-order valence-corrected chi connectivity index (χ3v) is 5.63. The Labute approximate surface area is 188 Å². The average Bonchev–Trinajstić information content (AvgIpc) is 3.35. The Hall–Kier alpha value is -3.86. The molecular formula is C23H22N6O4. The normalized spacial score (nSPS) is 22.4. The first-order valence-electron chi connectivity index (χ1n) is 10.4. The van der Waals surface area contributed by atoms with Crippen LogP contribution in [0.1, 0.15) is 13.2 Å². The highest BCUT2D eigenvalue weighted by Crippen LogP contribution is 2.37. The van der Waals surface area contributed by atoms with E-state index in [0.29, 0.717) is 34.6 Å². The zero-order chi connectivity index (χ0) is 22.9. The van der Waals surface area contributed by atoms with Crippen molar-refractivity contribution >= 4 is 34.6 Å². The number of benzene rings is 2. The zero-order valence-electron chi connectivity index (χ0n) is 17.7. The van der Waals surface area contributed by atoms with Crippen LogP contribution in [-0.2, 0) is 9.53 Å². The van der Waals surface area contributed by atoms with Gasteiger partial charge in [-0.15, -0.1) is 0 Å². The Morgan fingerprint density at radius 2 is 1.73 bits per heavy atom. The van der Waals surface area contributed by atoms with Gasteiger partial charge in [0.25, 0.3) is 0 Å². The molecule has 0 unspecified atom stereocenters. The number of aliphatic hydroxyl groups is 2. The molecule has 1 aliphatic rings. The molecule has 0 aliphatic carbocycles. The Kier molecular flexibility index (Phi) is 5.47. The standard InChI is InChI=1S/C23H22N6O4/c1-13-19(31)20(32)23(33-13)29-22-17(18(28-29)14-5-3-2-4-6-14)21(24-11-25-22)27-16-9-7-15(8-10-16)26-12-30/h2-13,19-20,23,31-32H,1H3,(H,26,30)(H,24,25,27)/t13-,19+,20+,23-/m1/s1. The van der Waals surface area contributed by atoms with Gasteiger partial charge in [0.15, 0.2) is 11.9 Å². The number of rotatable bonds is 6. The summed E-state index contributed by atoms with van der Waals surface area (Å²) in [7, 11) is 0. The lowest BCUT2D eigenvalue weighted by Crippen LogP contribution is -2.30. The highest BCUT2D eigenvalue weighted by atomic mass is 16.6. The molecule has 3 heterocycles. The number of anilines is 3. The first-order chi connectivity index (χ1) is 16.1. The summed E-state index contributed by atoms with van der Waals surface area (Å²) in [6.07, 6.45) is -1.62. The summed E-state index contributed by atoms with van der Waals surface area (Å²) < 4.78 is 7.31. The van der Waals surface area contributed by atoms with Crippen molar-refractivity contribution in [1.29, 1.82) is 0 Å². The number of aromatic nitrogens is 4. The first-order valence-corrected chi connectivity index (χ1v) is 10.4. The van der Waals surface area contributed by atoms with Crippen LogP contribution in [0, 0.1) is 0 Å². The maximum atomic E-state index is 10.6. The van der Waals surface area contributed by atoms with E-state index in [2.05, 4.69) is 20.6 Å². The molecule has 2 aromatic carbocycles. The van der Waals surface area contributed by atoms with Crippen LogP contribution < -0.4 is 10.6 Å². The number of hydrogen-bond donors (Lipinski definition) is 4. The van der Waals surface area contributed by atoms with Gasteiger partial charge in [-0.05, 0) is 31.2 Å². The van der Waals surface area contributed by atoms with Gasteiger partial charge < -0.3 is 25.6 Å². The lowest BCUT2D eigenvalue weighted by atomic mass is 10.1. The maximum Gasteiger partial charge on any atom is 0.211 e. The Balaban J connectivity index is 1.63. The monoisotopic (exact) mass is 446 g/mol. The number of nitrogens with one attached hydrogen (secondary N) is 2. The van der Waals surface area contributed by atoms with Crippen LogP contribution in [0.25, 0.3) is 22.3 Å². The summed E-state index contributed by atoms with van der Waals surface area (Å²) in [5.41, 5.74) is 3.32. The smallest absolute Gasteiger partial charge is 0.211 e. The van der Waals surface area contributed by atoms with E-state index in [0.717, 1.165) is 11.3 Å². The number of nitrogens with zero attached hydrogens (tertiary/aromatic N) is 4. The summed E-state index contributed by atoms with van der Waals surface area (Å²) in [5, 5.41) is 32.0. The molecule has 0 spiro atoms. The number of carbonyl (C=O) groups excluding carboxylic acids is 1. The van der Waals surface area contributed by atoms with E-state index in [1.807, 2.05) is 42.5 Å². The Bertz CT molecular complexity index is 1280. The van der Waals surface area contributed by atoms with Gasteiger partial charge in [0.05, 0.1) is 11.5 Å². The highest BCUT2D eigenvalue weighted by molar-refractivity contribution is 6.00. The van der Waals surface area contributed by atoms with Crippen molar-refractivity contribution in [3.8, 4) is 11.3 Å². The topological polar surface area (TPSA) is 134 Å². The molecule has 1 aliphatic heterocycles. The second-order valence-electron chi connectivity index (χ2n) is 7.76. The fraction of sp³-hybridized carbons (Fsp3) is 0.217. The van der Waals surface area contributed by atoms with E-state index in [9.17, 15) is 15.0 Å². The number of carbonyl (C=O) groups is 1. The van der Waals surface area contributed by atoms with Gasteiger partial charge in [0.1, 0.15) is 30.0 Å². The molecular weight excluding hydrogens is 424 g/mol. The lowest BCUT2D eigenvalue weighted by Gasteiger charge is -2.15. The minimum atomic E-state index is -1.16. The number of amides is 1. The van der Waals surface area contributed by atoms with Crippen LogP contribution in [0.3, 0.4) is 0 Å². The van der Waals surface area contributed by atoms with Gasteiger partial charge in [-0.2, -0.15) is 5.10 Å². The van der Waals surface area contributed by atoms with Crippen molar-refractivity contribution in [3.63, 3.8) is 0 Å². The van der Waals surface area contributed by atoms with Crippen LogP contribution in [0.15, 0.2) is 60.9 Å². The lowest BCUT2D eigenvalue weighted by molar-refractivity contribution is -0.105. The largest absolute Gasteiger partial charge is 0.388 e. The van der Waals surface area contributed by atoms with E-state index in [1.165, 1.54) is 11.0 Å². The molecule has 5 rings (SSSR count). The van der Waals surface area contributed by atoms with Crippen LogP contribution in [0.4, 0.5) is 17.2 Å².